The van der Waals surface area contributed by atoms with E-state index in [4.69, 9.17) is 4.98 Å². The Bertz CT molecular complexity index is 932. The van der Waals surface area contributed by atoms with Crippen LogP contribution in [-0.4, -0.2) is 28.9 Å². The van der Waals surface area contributed by atoms with E-state index in [-0.39, 0.29) is 5.91 Å². The maximum atomic E-state index is 13.5. The third kappa shape index (κ3) is 4.56. The lowest BCUT2D eigenvalue weighted by molar-refractivity contribution is 0.0717. The van der Waals surface area contributed by atoms with Crippen LogP contribution in [0.15, 0.2) is 42.5 Å². The van der Waals surface area contributed by atoms with Crippen LogP contribution in [0.4, 0.5) is 0 Å². The van der Waals surface area contributed by atoms with Crippen molar-refractivity contribution >= 4 is 28.1 Å². The molecule has 0 aliphatic heterocycles. The normalized spacial score (nSPS) is 11.5. The Morgan fingerprint density at radius 2 is 1.70 bits per heavy atom. The summed E-state index contributed by atoms with van der Waals surface area (Å²) in [7, 11) is 0. The molecule has 0 aliphatic carbocycles. The molecule has 2 aromatic heterocycles. The molecule has 0 saturated carbocycles. The van der Waals surface area contributed by atoms with E-state index in [1.165, 1.54) is 4.88 Å². The standard InChI is InChI=1S/C23H28N2OS/c1-15(2)13-25(14-16(3)4)23(26)19-12-21(22-11-10-17(5)27-22)24-20-9-7-6-8-18(19)20/h6-12,15-16H,13-14H2,1-5H3. The fourth-order valence-corrected chi connectivity index (χ4v) is 4.17. The number of para-hydroxylation sites is 1. The van der Waals surface area contributed by atoms with Gasteiger partial charge < -0.3 is 4.90 Å². The van der Waals surface area contributed by atoms with Gasteiger partial charge in [-0.15, -0.1) is 11.3 Å². The number of carbonyl (C=O) groups excluding carboxylic acids is 1. The van der Waals surface area contributed by atoms with Crippen LogP contribution >= 0.6 is 11.3 Å². The zero-order valence-electron chi connectivity index (χ0n) is 16.8. The molecule has 0 bridgehead atoms. The highest BCUT2D eigenvalue weighted by molar-refractivity contribution is 7.15. The molecule has 4 heteroatoms. The smallest absolute Gasteiger partial charge is 0.254 e. The lowest BCUT2D eigenvalue weighted by Gasteiger charge is -2.27. The number of hydrogen-bond acceptors (Lipinski definition) is 3. The van der Waals surface area contributed by atoms with E-state index in [0.29, 0.717) is 11.8 Å². The lowest BCUT2D eigenvalue weighted by atomic mass is 10.0. The molecule has 0 saturated heterocycles. The van der Waals surface area contributed by atoms with Crippen LogP contribution in [0.3, 0.4) is 0 Å². The van der Waals surface area contributed by atoms with E-state index in [1.54, 1.807) is 11.3 Å². The fraction of sp³-hybridized carbons (Fsp3) is 0.391. The van der Waals surface area contributed by atoms with Gasteiger partial charge in [0.15, 0.2) is 0 Å². The minimum absolute atomic E-state index is 0.102. The number of benzene rings is 1. The van der Waals surface area contributed by atoms with Crippen LogP contribution in [0.5, 0.6) is 0 Å². The second kappa shape index (κ2) is 8.22. The summed E-state index contributed by atoms with van der Waals surface area (Å²) in [5.74, 6) is 0.964. The maximum Gasteiger partial charge on any atom is 0.254 e. The molecule has 0 atom stereocenters. The first-order valence-corrected chi connectivity index (χ1v) is 10.4. The topological polar surface area (TPSA) is 33.2 Å². The predicted molar refractivity (Wildman–Crippen MR) is 115 cm³/mol. The van der Waals surface area contributed by atoms with Crippen LogP contribution in [0.1, 0.15) is 42.9 Å². The van der Waals surface area contributed by atoms with Gasteiger partial charge in [-0.25, -0.2) is 4.98 Å². The molecule has 0 aliphatic rings. The number of nitrogens with zero attached hydrogens (tertiary/aromatic N) is 2. The summed E-state index contributed by atoms with van der Waals surface area (Å²) in [6, 6.07) is 14.1. The fourth-order valence-electron chi connectivity index (χ4n) is 3.34. The molecule has 0 fully saturated rings. The molecule has 2 heterocycles. The molecular formula is C23H28N2OS. The Hall–Kier alpha value is -2.20. The van der Waals surface area contributed by atoms with Gasteiger partial charge >= 0.3 is 0 Å². The van der Waals surface area contributed by atoms with Crippen molar-refractivity contribution in [2.24, 2.45) is 11.8 Å². The molecule has 0 unspecified atom stereocenters. The maximum absolute atomic E-state index is 13.5. The van der Waals surface area contributed by atoms with E-state index in [2.05, 4.69) is 46.8 Å². The van der Waals surface area contributed by atoms with Crippen LogP contribution in [0.2, 0.25) is 0 Å². The first-order chi connectivity index (χ1) is 12.8. The largest absolute Gasteiger partial charge is 0.338 e. The third-order valence-corrected chi connectivity index (χ3v) is 5.42. The minimum atomic E-state index is 0.102. The van der Waals surface area contributed by atoms with Crippen molar-refractivity contribution in [2.45, 2.75) is 34.6 Å². The number of hydrogen-bond donors (Lipinski definition) is 0. The Labute approximate surface area is 166 Å². The summed E-state index contributed by atoms with van der Waals surface area (Å²) < 4.78 is 0. The molecular weight excluding hydrogens is 352 g/mol. The quantitative estimate of drug-likeness (QED) is 0.523. The molecule has 0 spiro atoms. The van der Waals surface area contributed by atoms with Gasteiger partial charge in [-0.05, 0) is 43.0 Å². The van der Waals surface area contributed by atoms with Crippen LogP contribution in [0, 0.1) is 18.8 Å². The summed E-state index contributed by atoms with van der Waals surface area (Å²) in [6.45, 7) is 12.3. The first-order valence-electron chi connectivity index (χ1n) is 9.61. The van der Waals surface area contributed by atoms with Gasteiger partial charge in [0, 0.05) is 23.4 Å². The highest BCUT2D eigenvalue weighted by Crippen LogP contribution is 2.30. The number of carbonyl (C=O) groups is 1. The van der Waals surface area contributed by atoms with Crippen molar-refractivity contribution < 1.29 is 4.79 Å². The van der Waals surface area contributed by atoms with Gasteiger partial charge in [-0.2, -0.15) is 0 Å². The lowest BCUT2D eigenvalue weighted by Crippen LogP contribution is -2.37. The number of thiophene rings is 1. The Kier molecular flexibility index (Phi) is 5.95. The summed E-state index contributed by atoms with van der Waals surface area (Å²) in [5, 5.41) is 0.928. The zero-order valence-corrected chi connectivity index (χ0v) is 17.6. The molecule has 3 rings (SSSR count). The van der Waals surface area contributed by atoms with E-state index in [1.807, 2.05) is 35.2 Å². The monoisotopic (exact) mass is 380 g/mol. The van der Waals surface area contributed by atoms with Gasteiger partial charge in [0.05, 0.1) is 21.7 Å². The van der Waals surface area contributed by atoms with Crippen molar-refractivity contribution in [2.75, 3.05) is 13.1 Å². The Balaban J connectivity index is 2.11. The summed E-state index contributed by atoms with van der Waals surface area (Å²) >= 11 is 1.71. The summed E-state index contributed by atoms with van der Waals surface area (Å²) in [6.07, 6.45) is 0. The highest BCUT2D eigenvalue weighted by Gasteiger charge is 2.21. The van der Waals surface area contributed by atoms with Gasteiger partial charge in [0.25, 0.3) is 5.91 Å². The molecule has 3 nitrogen and oxygen atoms in total. The SMILES string of the molecule is Cc1ccc(-c2cc(C(=O)N(CC(C)C)CC(C)C)c3ccccc3n2)s1. The first kappa shape index (κ1) is 19.6. The van der Waals surface area contributed by atoms with Crippen molar-refractivity contribution in [1.82, 2.24) is 9.88 Å². The second-order valence-corrected chi connectivity index (χ2v) is 9.27. The molecule has 142 valence electrons. The van der Waals surface area contributed by atoms with Crippen molar-refractivity contribution in [1.29, 1.82) is 0 Å². The second-order valence-electron chi connectivity index (χ2n) is 7.98. The average molecular weight is 381 g/mol. The van der Waals surface area contributed by atoms with E-state index in [9.17, 15) is 4.79 Å². The number of aryl methyl sites for hydroxylation is 1. The van der Waals surface area contributed by atoms with Crippen LogP contribution in [0.25, 0.3) is 21.5 Å². The molecule has 3 aromatic rings. The summed E-state index contributed by atoms with van der Waals surface area (Å²) in [5.41, 5.74) is 2.51. The number of pyridine rings is 1. The molecule has 27 heavy (non-hydrogen) atoms. The van der Waals surface area contributed by atoms with Gasteiger partial charge in [0.2, 0.25) is 0 Å². The predicted octanol–water partition coefficient (Wildman–Crippen LogP) is 6.03. The number of amides is 1. The van der Waals surface area contributed by atoms with E-state index >= 15 is 0 Å². The van der Waals surface area contributed by atoms with Gasteiger partial charge in [-0.3, -0.25) is 4.79 Å². The molecule has 1 aromatic carbocycles. The van der Waals surface area contributed by atoms with Crippen molar-refractivity contribution in [3.05, 3.63) is 52.9 Å². The van der Waals surface area contributed by atoms with E-state index < -0.39 is 0 Å². The third-order valence-electron chi connectivity index (χ3n) is 4.40. The highest BCUT2D eigenvalue weighted by atomic mass is 32.1. The number of fused-ring (bicyclic) bond motifs is 1. The number of aromatic nitrogens is 1. The van der Waals surface area contributed by atoms with Crippen LogP contribution < -0.4 is 0 Å². The van der Waals surface area contributed by atoms with Crippen LogP contribution in [-0.2, 0) is 0 Å². The zero-order chi connectivity index (χ0) is 19.6. The minimum Gasteiger partial charge on any atom is -0.338 e. The molecule has 0 N–H and O–H groups in total. The van der Waals surface area contributed by atoms with E-state index in [0.717, 1.165) is 40.1 Å². The van der Waals surface area contributed by atoms with Gasteiger partial charge in [-0.1, -0.05) is 45.9 Å². The average Bonchev–Trinajstić information content (AvgIpc) is 3.05. The Morgan fingerprint density at radius 3 is 2.30 bits per heavy atom. The number of rotatable bonds is 6. The van der Waals surface area contributed by atoms with Crippen molar-refractivity contribution in [3.8, 4) is 10.6 Å². The van der Waals surface area contributed by atoms with Crippen molar-refractivity contribution in [3.63, 3.8) is 0 Å². The Morgan fingerprint density at radius 1 is 1.04 bits per heavy atom. The summed E-state index contributed by atoms with van der Waals surface area (Å²) in [4.78, 5) is 22.7. The molecule has 1 amide bonds. The molecule has 0 radical (unpaired) electrons. The van der Waals surface area contributed by atoms with Gasteiger partial charge in [0.1, 0.15) is 0 Å².